The molecule has 1 aromatic carbocycles. The van der Waals surface area contributed by atoms with Gasteiger partial charge in [-0.3, -0.25) is 15.1 Å². The van der Waals surface area contributed by atoms with Crippen LogP contribution < -0.4 is 14.8 Å². The number of aromatic nitrogens is 2. The molecule has 0 unspecified atom stereocenters. The number of halogens is 3. The first-order chi connectivity index (χ1) is 14.4. The largest absolute Gasteiger partial charge is 0.486 e. The number of pyridine rings is 1. The van der Waals surface area contributed by atoms with Crippen LogP contribution in [-0.4, -0.2) is 35.3 Å². The minimum atomic E-state index is -4.75. The van der Waals surface area contributed by atoms with Gasteiger partial charge in [0.05, 0.1) is 11.3 Å². The van der Waals surface area contributed by atoms with E-state index >= 15 is 0 Å². The van der Waals surface area contributed by atoms with E-state index in [2.05, 4.69) is 15.3 Å². The Labute approximate surface area is 173 Å². The van der Waals surface area contributed by atoms with Crippen LogP contribution in [0.2, 0.25) is 0 Å². The van der Waals surface area contributed by atoms with Gasteiger partial charge in [-0.2, -0.15) is 13.2 Å². The molecule has 6 nitrogen and oxygen atoms in total. The predicted molar refractivity (Wildman–Crippen MR) is 105 cm³/mol. The van der Waals surface area contributed by atoms with Gasteiger partial charge in [0, 0.05) is 29.4 Å². The fraction of sp³-hybridized carbons (Fsp3) is 0.150. The molecule has 0 atom stereocenters. The molecule has 0 saturated carbocycles. The summed E-state index contributed by atoms with van der Waals surface area (Å²) in [6.07, 6.45) is -1.02. The second kappa shape index (κ2) is 8.15. The van der Waals surface area contributed by atoms with Crippen LogP contribution in [0.25, 0.3) is 16.8 Å². The number of nitrogens with one attached hydrogen (secondary N) is 1. The van der Waals surface area contributed by atoms with E-state index in [4.69, 9.17) is 9.47 Å². The molecule has 4 rings (SSSR count). The van der Waals surface area contributed by atoms with E-state index in [-0.39, 0.29) is 23.1 Å². The lowest BCUT2D eigenvalue weighted by molar-refractivity contribution is -0.112. The molecule has 0 fully saturated rings. The minimum Gasteiger partial charge on any atom is -0.486 e. The number of carbonyl (C=O) groups excluding carboxylic acids is 1. The van der Waals surface area contributed by atoms with E-state index in [1.165, 1.54) is 18.2 Å². The summed E-state index contributed by atoms with van der Waals surface area (Å²) < 4.78 is 51.5. The molecule has 0 saturated heterocycles. The highest BCUT2D eigenvalue weighted by Gasteiger charge is 2.36. The highest BCUT2D eigenvalue weighted by atomic mass is 32.1. The van der Waals surface area contributed by atoms with E-state index in [0.717, 1.165) is 16.9 Å². The zero-order chi connectivity index (χ0) is 21.1. The number of alkyl halides is 3. The third-order valence-corrected chi connectivity index (χ3v) is 4.88. The van der Waals surface area contributed by atoms with Gasteiger partial charge in [0.1, 0.15) is 13.2 Å². The van der Waals surface area contributed by atoms with Gasteiger partial charge in [-0.25, -0.2) is 4.98 Å². The van der Waals surface area contributed by atoms with Crippen molar-refractivity contribution in [3.05, 3.63) is 59.7 Å². The highest BCUT2D eigenvalue weighted by molar-refractivity contribution is 7.14. The lowest BCUT2D eigenvalue weighted by Crippen LogP contribution is -2.18. The zero-order valence-electron chi connectivity index (χ0n) is 15.3. The Kier molecular flexibility index (Phi) is 5.40. The van der Waals surface area contributed by atoms with Crippen LogP contribution >= 0.6 is 11.3 Å². The van der Waals surface area contributed by atoms with Gasteiger partial charge in [0.15, 0.2) is 16.6 Å². The van der Waals surface area contributed by atoms with E-state index in [0.29, 0.717) is 24.1 Å². The lowest BCUT2D eigenvalue weighted by atomic mass is 10.0. The molecule has 1 amide bonds. The Morgan fingerprint density at radius 3 is 2.70 bits per heavy atom. The van der Waals surface area contributed by atoms with E-state index in [1.807, 2.05) is 0 Å². The van der Waals surface area contributed by atoms with Crippen molar-refractivity contribution in [1.82, 2.24) is 9.97 Å². The lowest BCUT2D eigenvalue weighted by Gasteiger charge is -2.20. The van der Waals surface area contributed by atoms with E-state index in [1.54, 1.807) is 29.9 Å². The van der Waals surface area contributed by atoms with Gasteiger partial charge in [0.2, 0.25) is 0 Å². The van der Waals surface area contributed by atoms with Crippen molar-refractivity contribution in [2.45, 2.75) is 6.18 Å². The summed E-state index contributed by atoms with van der Waals surface area (Å²) in [7, 11) is 0. The Balaban J connectivity index is 1.57. The summed E-state index contributed by atoms with van der Waals surface area (Å²) in [4.78, 5) is 20.5. The maximum absolute atomic E-state index is 13.6. The van der Waals surface area contributed by atoms with Gasteiger partial charge in [-0.15, -0.1) is 11.3 Å². The summed E-state index contributed by atoms with van der Waals surface area (Å²) in [6.45, 7) is 0.566. The molecule has 3 aromatic rings. The van der Waals surface area contributed by atoms with Crippen LogP contribution in [-0.2, 0) is 4.79 Å². The number of anilines is 1. The van der Waals surface area contributed by atoms with Crippen molar-refractivity contribution in [3.63, 3.8) is 0 Å². The van der Waals surface area contributed by atoms with Crippen molar-refractivity contribution >= 4 is 27.9 Å². The number of thiazole rings is 1. The first-order valence-electron chi connectivity index (χ1n) is 8.76. The molecule has 0 bridgehead atoms. The first kappa shape index (κ1) is 19.9. The van der Waals surface area contributed by atoms with Gasteiger partial charge in [0.25, 0.3) is 5.91 Å². The number of benzene rings is 1. The molecular weight excluding hydrogens is 419 g/mol. The fourth-order valence-electron chi connectivity index (χ4n) is 2.79. The van der Waals surface area contributed by atoms with Crippen LogP contribution in [0, 0.1) is 0 Å². The minimum absolute atomic E-state index is 0.179. The molecule has 0 spiro atoms. The maximum Gasteiger partial charge on any atom is 0.417 e. The molecule has 10 heteroatoms. The number of fused-ring (bicyclic) bond motifs is 1. The van der Waals surface area contributed by atoms with Gasteiger partial charge >= 0.3 is 6.18 Å². The standard InChI is InChI=1S/C20H14F3N3O3S/c21-20(22,23)14(12-3-4-16-17(8-12)29-7-6-28-16)9-18(27)26-19-25-15(11-30-19)13-2-1-5-24-10-13/h1-5,8-11H,6-7H2,(H,25,26,27)/b14-9+. The average Bonchev–Trinajstić information content (AvgIpc) is 3.20. The zero-order valence-corrected chi connectivity index (χ0v) is 16.1. The molecule has 154 valence electrons. The molecule has 1 aliphatic rings. The average molecular weight is 433 g/mol. The number of amides is 1. The van der Waals surface area contributed by atoms with E-state index < -0.39 is 17.7 Å². The molecule has 1 aliphatic heterocycles. The number of hydrogen-bond acceptors (Lipinski definition) is 6. The fourth-order valence-corrected chi connectivity index (χ4v) is 3.51. The Bertz CT molecular complexity index is 1100. The Morgan fingerprint density at radius 1 is 1.17 bits per heavy atom. The Hall–Kier alpha value is -3.40. The molecule has 3 heterocycles. The second-order valence-electron chi connectivity index (χ2n) is 6.18. The second-order valence-corrected chi connectivity index (χ2v) is 7.04. The van der Waals surface area contributed by atoms with Gasteiger partial charge < -0.3 is 9.47 Å². The SMILES string of the molecule is O=C(/C=C(\c1ccc2c(c1)OCCO2)C(F)(F)F)Nc1nc(-c2cccnc2)cs1. The third kappa shape index (κ3) is 4.43. The van der Waals surface area contributed by atoms with Crippen LogP contribution in [0.3, 0.4) is 0 Å². The quantitative estimate of drug-likeness (QED) is 0.611. The molecule has 1 N–H and O–H groups in total. The van der Waals surface area contributed by atoms with Crippen LogP contribution in [0.5, 0.6) is 11.5 Å². The van der Waals surface area contributed by atoms with Crippen LogP contribution in [0.1, 0.15) is 5.56 Å². The van der Waals surface area contributed by atoms with Crippen molar-refractivity contribution in [3.8, 4) is 22.8 Å². The highest BCUT2D eigenvalue weighted by Crippen LogP contribution is 2.39. The topological polar surface area (TPSA) is 73.3 Å². The van der Waals surface area contributed by atoms with E-state index in [9.17, 15) is 18.0 Å². The van der Waals surface area contributed by atoms with Crippen LogP contribution in [0.4, 0.5) is 18.3 Å². The van der Waals surface area contributed by atoms with Gasteiger partial charge in [-0.05, 0) is 29.8 Å². The molecule has 30 heavy (non-hydrogen) atoms. The number of ether oxygens (including phenoxy) is 2. The van der Waals surface area contributed by atoms with Gasteiger partial charge in [-0.1, -0.05) is 6.07 Å². The Morgan fingerprint density at radius 2 is 1.97 bits per heavy atom. The van der Waals surface area contributed by atoms with Crippen LogP contribution in [0.15, 0.2) is 54.2 Å². The summed E-state index contributed by atoms with van der Waals surface area (Å²) in [5.74, 6) is -0.374. The van der Waals surface area contributed by atoms with Crippen molar-refractivity contribution in [2.24, 2.45) is 0 Å². The van der Waals surface area contributed by atoms with Crippen molar-refractivity contribution < 1.29 is 27.4 Å². The van der Waals surface area contributed by atoms with Crippen molar-refractivity contribution in [1.29, 1.82) is 0 Å². The number of carbonyl (C=O) groups is 1. The first-order valence-corrected chi connectivity index (χ1v) is 9.64. The maximum atomic E-state index is 13.6. The number of nitrogens with zero attached hydrogens (tertiary/aromatic N) is 2. The monoisotopic (exact) mass is 433 g/mol. The molecule has 2 aromatic heterocycles. The smallest absolute Gasteiger partial charge is 0.417 e. The summed E-state index contributed by atoms with van der Waals surface area (Å²) in [5.41, 5.74) is 0.00501. The number of rotatable bonds is 4. The molecule has 0 radical (unpaired) electrons. The summed E-state index contributed by atoms with van der Waals surface area (Å²) in [6, 6.07) is 7.37. The third-order valence-electron chi connectivity index (χ3n) is 4.13. The van der Waals surface area contributed by atoms with Crippen molar-refractivity contribution in [2.75, 3.05) is 18.5 Å². The molecule has 0 aliphatic carbocycles. The summed E-state index contributed by atoms with van der Waals surface area (Å²) >= 11 is 1.10. The molecular formula is C20H14F3N3O3S. The number of hydrogen-bond donors (Lipinski definition) is 1. The number of allylic oxidation sites excluding steroid dienone is 1. The normalized spacial score (nSPS) is 13.8. The predicted octanol–water partition coefficient (Wildman–Crippen LogP) is 4.56. The summed E-state index contributed by atoms with van der Waals surface area (Å²) in [5, 5.41) is 4.24.